The smallest absolute Gasteiger partial charge is 0.0484 e. The van der Waals surface area contributed by atoms with Crippen LogP contribution in [0.1, 0.15) is 19.3 Å². The maximum absolute atomic E-state index is 9.65. The summed E-state index contributed by atoms with van der Waals surface area (Å²) in [5, 5.41) is 28.3. The molecule has 1 unspecified atom stereocenters. The molecule has 0 spiro atoms. The van der Waals surface area contributed by atoms with E-state index in [2.05, 4.69) is 19.7 Å². The monoisotopic (exact) mass is 254 g/mol. The lowest BCUT2D eigenvalue weighted by Crippen LogP contribution is -2.40. The van der Waals surface area contributed by atoms with Crippen LogP contribution in [-0.4, -0.2) is 35.1 Å². The predicted octanol–water partition coefficient (Wildman–Crippen LogP) is 1.91. The lowest BCUT2D eigenvalue weighted by atomic mass is 9.64. The van der Waals surface area contributed by atoms with Crippen LogP contribution in [0.3, 0.4) is 0 Å². The van der Waals surface area contributed by atoms with Crippen LogP contribution < -0.4 is 0 Å². The van der Waals surface area contributed by atoms with Gasteiger partial charge in [-0.1, -0.05) is 18.2 Å². The molecule has 0 aromatic carbocycles. The number of hydrogen-bond donors (Lipinski definition) is 3. The fourth-order valence-corrected chi connectivity index (χ4v) is 2.72. The van der Waals surface area contributed by atoms with Crippen LogP contribution in [-0.2, 0) is 0 Å². The first-order valence-corrected chi connectivity index (χ1v) is 6.31. The number of hydrogen-bond acceptors (Lipinski definition) is 3. The molecule has 0 saturated carbocycles. The zero-order chi connectivity index (χ0) is 14.0. The Labute approximate surface area is 110 Å². The van der Waals surface area contributed by atoms with Gasteiger partial charge in [-0.15, -0.1) is 19.7 Å². The molecular formula is C15H26O3. The second kappa shape index (κ2) is 9.09. The summed E-state index contributed by atoms with van der Waals surface area (Å²) in [5.41, 5.74) is -0.282. The maximum atomic E-state index is 9.65. The fraction of sp³-hybridized carbons (Fsp3) is 0.600. The van der Waals surface area contributed by atoms with Crippen LogP contribution in [0.15, 0.2) is 38.0 Å². The molecule has 0 aromatic heterocycles. The Morgan fingerprint density at radius 3 is 1.39 bits per heavy atom. The lowest BCUT2D eigenvalue weighted by molar-refractivity contribution is -0.00418. The standard InChI is InChI=1S/C15H26O3/c1-4-7-15(8-5-2,9-6-3)14(12-18)13(10-16)11-17/h4-6,13-14,16-18H,1-3,7-12H2. The molecule has 0 radical (unpaired) electrons. The van der Waals surface area contributed by atoms with Gasteiger partial charge in [-0.2, -0.15) is 0 Å². The van der Waals surface area contributed by atoms with Crippen LogP contribution in [0.4, 0.5) is 0 Å². The Hall–Kier alpha value is -0.900. The van der Waals surface area contributed by atoms with Gasteiger partial charge in [-0.25, -0.2) is 0 Å². The first-order valence-electron chi connectivity index (χ1n) is 6.31. The third-order valence-electron chi connectivity index (χ3n) is 3.67. The highest BCUT2D eigenvalue weighted by atomic mass is 16.3. The normalized spacial score (nSPS) is 13.3. The largest absolute Gasteiger partial charge is 0.396 e. The van der Waals surface area contributed by atoms with Crippen molar-refractivity contribution in [3.8, 4) is 0 Å². The molecule has 0 amide bonds. The SMILES string of the molecule is C=CCC(CC=C)(CC=C)C(CO)C(CO)CO. The number of allylic oxidation sites excluding steroid dienone is 3. The molecule has 104 valence electrons. The molecule has 3 N–H and O–H groups in total. The highest BCUT2D eigenvalue weighted by molar-refractivity contribution is 5.00. The van der Waals surface area contributed by atoms with Crippen LogP contribution in [0.25, 0.3) is 0 Å². The summed E-state index contributed by atoms with van der Waals surface area (Å²) < 4.78 is 0. The summed E-state index contributed by atoms with van der Waals surface area (Å²) in [7, 11) is 0. The minimum Gasteiger partial charge on any atom is -0.396 e. The summed E-state index contributed by atoms with van der Waals surface area (Å²) in [6.07, 6.45) is 7.48. The maximum Gasteiger partial charge on any atom is 0.0484 e. The van der Waals surface area contributed by atoms with Gasteiger partial charge in [0.05, 0.1) is 0 Å². The van der Waals surface area contributed by atoms with Crippen molar-refractivity contribution in [3.05, 3.63) is 38.0 Å². The zero-order valence-electron chi connectivity index (χ0n) is 11.1. The van der Waals surface area contributed by atoms with Gasteiger partial charge in [0, 0.05) is 25.7 Å². The molecule has 0 fully saturated rings. The van der Waals surface area contributed by atoms with Gasteiger partial charge < -0.3 is 15.3 Å². The predicted molar refractivity (Wildman–Crippen MR) is 75.1 cm³/mol. The Morgan fingerprint density at radius 1 is 0.778 bits per heavy atom. The minimum absolute atomic E-state index is 0.0820. The summed E-state index contributed by atoms with van der Waals surface area (Å²) in [6, 6.07) is 0. The summed E-state index contributed by atoms with van der Waals surface area (Å²) in [6.45, 7) is 10.9. The van der Waals surface area contributed by atoms with Gasteiger partial charge in [-0.05, 0) is 30.6 Å². The Bertz CT molecular complexity index is 230. The second-order valence-electron chi connectivity index (χ2n) is 4.76. The van der Waals surface area contributed by atoms with Gasteiger partial charge in [0.1, 0.15) is 0 Å². The van der Waals surface area contributed by atoms with Crippen LogP contribution in [0.2, 0.25) is 0 Å². The molecule has 3 nitrogen and oxygen atoms in total. The molecule has 18 heavy (non-hydrogen) atoms. The first-order chi connectivity index (χ1) is 8.65. The molecule has 1 atom stereocenters. The third-order valence-corrected chi connectivity index (χ3v) is 3.67. The van der Waals surface area contributed by atoms with Crippen molar-refractivity contribution in [1.29, 1.82) is 0 Å². The molecule has 0 rings (SSSR count). The molecule has 0 saturated heterocycles. The Balaban J connectivity index is 5.35. The van der Waals surface area contributed by atoms with Crippen molar-refractivity contribution in [2.45, 2.75) is 19.3 Å². The van der Waals surface area contributed by atoms with E-state index in [-0.39, 0.29) is 37.1 Å². The summed E-state index contributed by atoms with van der Waals surface area (Å²) in [5.74, 6) is -0.545. The van der Waals surface area contributed by atoms with Crippen molar-refractivity contribution in [1.82, 2.24) is 0 Å². The molecule has 0 aliphatic carbocycles. The van der Waals surface area contributed by atoms with E-state index in [4.69, 9.17) is 0 Å². The topological polar surface area (TPSA) is 60.7 Å². The molecule has 3 heteroatoms. The van der Waals surface area contributed by atoms with Gasteiger partial charge in [0.25, 0.3) is 0 Å². The molecule has 0 aliphatic heterocycles. The Morgan fingerprint density at radius 2 is 1.17 bits per heavy atom. The van der Waals surface area contributed by atoms with Gasteiger partial charge in [0.2, 0.25) is 0 Å². The fourth-order valence-electron chi connectivity index (χ4n) is 2.72. The minimum atomic E-state index is -0.338. The molecule has 0 heterocycles. The van der Waals surface area contributed by atoms with Crippen LogP contribution >= 0.6 is 0 Å². The van der Waals surface area contributed by atoms with Gasteiger partial charge >= 0.3 is 0 Å². The zero-order valence-corrected chi connectivity index (χ0v) is 11.1. The third kappa shape index (κ3) is 4.09. The quantitative estimate of drug-likeness (QED) is 0.494. The van der Waals surface area contributed by atoms with Crippen molar-refractivity contribution in [3.63, 3.8) is 0 Å². The molecular weight excluding hydrogens is 228 g/mol. The Kier molecular flexibility index (Phi) is 8.63. The van der Waals surface area contributed by atoms with Crippen LogP contribution in [0.5, 0.6) is 0 Å². The van der Waals surface area contributed by atoms with Gasteiger partial charge in [-0.3, -0.25) is 0 Å². The van der Waals surface area contributed by atoms with E-state index in [1.54, 1.807) is 0 Å². The number of rotatable bonds is 11. The van der Waals surface area contributed by atoms with Crippen LogP contribution in [0, 0.1) is 17.3 Å². The van der Waals surface area contributed by atoms with E-state index in [0.717, 1.165) is 0 Å². The lowest BCUT2D eigenvalue weighted by Gasteiger charge is -2.42. The summed E-state index contributed by atoms with van der Waals surface area (Å²) >= 11 is 0. The van der Waals surface area contributed by atoms with Crippen molar-refractivity contribution < 1.29 is 15.3 Å². The van der Waals surface area contributed by atoms with E-state index in [0.29, 0.717) is 19.3 Å². The number of aliphatic hydroxyl groups excluding tert-OH is 3. The summed E-state index contributed by atoms with van der Waals surface area (Å²) in [4.78, 5) is 0. The number of aliphatic hydroxyl groups is 3. The van der Waals surface area contributed by atoms with E-state index >= 15 is 0 Å². The molecule has 0 aromatic rings. The van der Waals surface area contributed by atoms with Crippen molar-refractivity contribution >= 4 is 0 Å². The highest BCUT2D eigenvalue weighted by Crippen LogP contribution is 2.43. The average Bonchev–Trinajstić information content (AvgIpc) is 2.36. The first kappa shape index (κ1) is 17.1. The average molecular weight is 254 g/mol. The van der Waals surface area contributed by atoms with Gasteiger partial charge in [0.15, 0.2) is 0 Å². The van der Waals surface area contributed by atoms with Crippen molar-refractivity contribution in [2.75, 3.05) is 19.8 Å². The second-order valence-corrected chi connectivity index (χ2v) is 4.76. The van der Waals surface area contributed by atoms with E-state index in [1.807, 2.05) is 18.2 Å². The highest BCUT2D eigenvalue weighted by Gasteiger charge is 2.39. The molecule has 0 bridgehead atoms. The van der Waals surface area contributed by atoms with E-state index in [1.165, 1.54) is 0 Å². The van der Waals surface area contributed by atoms with Crippen molar-refractivity contribution in [2.24, 2.45) is 17.3 Å². The van der Waals surface area contributed by atoms with E-state index < -0.39 is 0 Å². The molecule has 0 aliphatic rings. The van der Waals surface area contributed by atoms with E-state index in [9.17, 15) is 15.3 Å².